The van der Waals surface area contributed by atoms with Gasteiger partial charge in [-0.05, 0) is 0 Å². The van der Waals surface area contributed by atoms with E-state index in [0.29, 0.717) is 4.57 Å². The molecule has 8 nitrogen and oxygen atoms in total. The molecular formula is C14H10F3N3O5. The molecule has 2 N–H and O–H groups in total. The Morgan fingerprint density at radius 1 is 1.24 bits per heavy atom. The fourth-order valence-corrected chi connectivity index (χ4v) is 2.87. The number of alkyl halides is 2. The number of fused-ring (bicyclic) bond motifs is 1. The molecule has 1 aliphatic heterocycles. The lowest BCUT2D eigenvalue weighted by Gasteiger charge is -2.12. The number of nitrogens with two attached hydrogens (primary N) is 1. The van der Waals surface area contributed by atoms with Crippen molar-refractivity contribution in [2.45, 2.75) is 24.5 Å². The van der Waals surface area contributed by atoms with Gasteiger partial charge in [0.05, 0.1) is 12.2 Å². The van der Waals surface area contributed by atoms with Gasteiger partial charge in [0.15, 0.2) is 29.8 Å². The fraction of sp³-hybridized carbons (Fsp3) is 0.357. The number of cyclic esters (lactones) is 1. The SMILES string of the molecule is NC(=O)[C@H]1CN(c2cc(F)c3c(c2)oc(=O)n3C2C(F)C2F)C(=O)O1. The molecule has 2 aliphatic rings. The van der Waals surface area contributed by atoms with Crippen molar-refractivity contribution in [1.29, 1.82) is 0 Å². The highest BCUT2D eigenvalue weighted by Crippen LogP contribution is 2.44. The molecular weight excluding hydrogens is 347 g/mol. The van der Waals surface area contributed by atoms with Crippen LogP contribution in [0.25, 0.3) is 11.1 Å². The highest BCUT2D eigenvalue weighted by atomic mass is 19.2. The van der Waals surface area contributed by atoms with Crippen LogP contribution in [0.5, 0.6) is 0 Å². The topological polar surface area (TPSA) is 108 Å². The molecule has 1 aromatic carbocycles. The van der Waals surface area contributed by atoms with Crippen LogP contribution in [0, 0.1) is 5.82 Å². The number of carbonyl (C=O) groups is 2. The molecule has 2 amide bonds. The largest absolute Gasteiger partial charge is 0.434 e. The Morgan fingerprint density at radius 2 is 1.92 bits per heavy atom. The summed E-state index contributed by atoms with van der Waals surface area (Å²) in [4.78, 5) is 35.7. The second-order valence-corrected chi connectivity index (χ2v) is 5.78. The van der Waals surface area contributed by atoms with Gasteiger partial charge in [-0.2, -0.15) is 0 Å². The number of hydrogen-bond acceptors (Lipinski definition) is 5. The number of anilines is 1. The zero-order valence-electron chi connectivity index (χ0n) is 12.3. The van der Waals surface area contributed by atoms with Crippen LogP contribution in [0.3, 0.4) is 0 Å². The van der Waals surface area contributed by atoms with E-state index in [1.807, 2.05) is 0 Å². The summed E-state index contributed by atoms with van der Waals surface area (Å²) in [6, 6.07) is 0.579. The zero-order valence-corrected chi connectivity index (χ0v) is 12.3. The van der Waals surface area contributed by atoms with E-state index in [4.69, 9.17) is 14.9 Å². The van der Waals surface area contributed by atoms with Crippen molar-refractivity contribution in [1.82, 2.24) is 4.57 Å². The van der Waals surface area contributed by atoms with Crippen LogP contribution in [0.15, 0.2) is 21.3 Å². The van der Waals surface area contributed by atoms with Crippen LogP contribution >= 0.6 is 0 Å². The average Bonchev–Trinajstić information content (AvgIpc) is 2.89. The van der Waals surface area contributed by atoms with Gasteiger partial charge in [-0.3, -0.25) is 14.3 Å². The van der Waals surface area contributed by atoms with Gasteiger partial charge in [-0.25, -0.2) is 22.8 Å². The molecule has 2 fully saturated rings. The van der Waals surface area contributed by atoms with E-state index in [1.165, 1.54) is 0 Å². The Bertz CT molecular complexity index is 963. The summed E-state index contributed by atoms with van der Waals surface area (Å²) >= 11 is 0. The van der Waals surface area contributed by atoms with Crippen LogP contribution in [0.4, 0.5) is 23.7 Å². The van der Waals surface area contributed by atoms with Crippen molar-refractivity contribution in [2.75, 3.05) is 11.4 Å². The molecule has 2 unspecified atom stereocenters. The maximum atomic E-state index is 14.5. The summed E-state index contributed by atoms with van der Waals surface area (Å²) < 4.78 is 51.1. The third kappa shape index (κ3) is 2.18. The van der Waals surface area contributed by atoms with Crippen LogP contribution in [0.1, 0.15) is 6.04 Å². The molecule has 11 heteroatoms. The molecule has 4 rings (SSSR count). The monoisotopic (exact) mass is 357 g/mol. The van der Waals surface area contributed by atoms with Gasteiger partial charge < -0.3 is 14.9 Å². The molecule has 1 aromatic heterocycles. The predicted molar refractivity (Wildman–Crippen MR) is 76.1 cm³/mol. The minimum atomic E-state index is -1.91. The molecule has 0 radical (unpaired) electrons. The van der Waals surface area contributed by atoms with Crippen LogP contribution < -0.4 is 16.4 Å². The number of rotatable bonds is 3. The Morgan fingerprint density at radius 3 is 2.48 bits per heavy atom. The number of aromatic nitrogens is 1. The number of halogens is 3. The summed E-state index contributed by atoms with van der Waals surface area (Å²) in [6.07, 6.45) is -5.96. The number of ether oxygens (including phenoxy) is 1. The maximum absolute atomic E-state index is 14.5. The first kappa shape index (κ1) is 15.5. The smallest absolute Gasteiger partial charge is 0.420 e. The number of amides is 2. The van der Waals surface area contributed by atoms with Crippen molar-refractivity contribution >= 4 is 28.8 Å². The third-order valence-electron chi connectivity index (χ3n) is 4.20. The summed E-state index contributed by atoms with van der Waals surface area (Å²) in [5.41, 5.74) is 4.31. The maximum Gasteiger partial charge on any atom is 0.420 e. The van der Waals surface area contributed by atoms with E-state index in [-0.39, 0.29) is 17.8 Å². The number of primary amides is 1. The summed E-state index contributed by atoms with van der Waals surface area (Å²) in [7, 11) is 0. The van der Waals surface area contributed by atoms with Gasteiger partial charge in [0.2, 0.25) is 0 Å². The summed E-state index contributed by atoms with van der Waals surface area (Å²) in [5, 5.41) is 0. The first-order valence-corrected chi connectivity index (χ1v) is 7.20. The highest BCUT2D eigenvalue weighted by Gasteiger charge is 2.56. The van der Waals surface area contributed by atoms with Crippen LogP contribution in [-0.4, -0.2) is 41.6 Å². The number of nitrogens with zero attached hydrogens (tertiary/aromatic N) is 2. The Balaban J connectivity index is 1.78. The summed E-state index contributed by atoms with van der Waals surface area (Å²) in [6.45, 7) is -0.244. The van der Waals surface area contributed by atoms with E-state index in [1.54, 1.807) is 0 Å². The molecule has 0 bridgehead atoms. The minimum absolute atomic E-state index is 0.0518. The normalized spacial score (nSPS) is 28.4. The zero-order chi connectivity index (χ0) is 18.0. The molecule has 2 aromatic rings. The van der Waals surface area contributed by atoms with Crippen LogP contribution in [0.2, 0.25) is 0 Å². The van der Waals surface area contributed by atoms with E-state index < -0.39 is 53.6 Å². The Kier molecular flexibility index (Phi) is 3.11. The highest BCUT2D eigenvalue weighted by molar-refractivity contribution is 5.96. The first-order chi connectivity index (χ1) is 11.8. The minimum Gasteiger partial charge on any atom is -0.434 e. The van der Waals surface area contributed by atoms with Crippen molar-refractivity contribution in [2.24, 2.45) is 5.73 Å². The molecule has 2 heterocycles. The quantitative estimate of drug-likeness (QED) is 0.873. The lowest BCUT2D eigenvalue weighted by molar-refractivity contribution is -0.124. The van der Waals surface area contributed by atoms with Gasteiger partial charge in [-0.15, -0.1) is 0 Å². The van der Waals surface area contributed by atoms with Crippen molar-refractivity contribution < 1.29 is 31.9 Å². The fourth-order valence-electron chi connectivity index (χ4n) is 2.87. The van der Waals surface area contributed by atoms with E-state index in [2.05, 4.69) is 0 Å². The van der Waals surface area contributed by atoms with E-state index in [9.17, 15) is 27.6 Å². The number of carbonyl (C=O) groups excluding carboxylic acids is 2. The Hall–Kier alpha value is -2.98. The van der Waals surface area contributed by atoms with Crippen LogP contribution in [-0.2, 0) is 9.53 Å². The standard InChI is InChI=1S/C14H10F3N3O5/c15-5-1-4(19-3-7(12(18)21)25-13(19)22)2-6-10(5)20(14(23)24-6)11-8(16)9(11)17/h1-2,7-9,11H,3H2,(H2,18,21)/t7-,8?,9?,11?/m1/s1. The Labute approximate surface area is 136 Å². The van der Waals surface area contributed by atoms with Crippen molar-refractivity contribution in [3.8, 4) is 0 Å². The van der Waals surface area contributed by atoms with Crippen molar-refractivity contribution in [3.63, 3.8) is 0 Å². The van der Waals surface area contributed by atoms with Gasteiger partial charge in [-0.1, -0.05) is 0 Å². The molecule has 1 saturated heterocycles. The van der Waals surface area contributed by atoms with Gasteiger partial charge >= 0.3 is 11.8 Å². The lowest BCUT2D eigenvalue weighted by atomic mass is 10.2. The third-order valence-corrected chi connectivity index (χ3v) is 4.20. The summed E-state index contributed by atoms with van der Waals surface area (Å²) in [5.74, 6) is -3.00. The van der Waals surface area contributed by atoms with Crippen molar-refractivity contribution in [3.05, 3.63) is 28.5 Å². The second-order valence-electron chi connectivity index (χ2n) is 5.78. The molecule has 1 saturated carbocycles. The second kappa shape index (κ2) is 5.01. The molecule has 132 valence electrons. The first-order valence-electron chi connectivity index (χ1n) is 7.20. The molecule has 1 aliphatic carbocycles. The number of hydrogen-bond donors (Lipinski definition) is 1. The lowest BCUT2D eigenvalue weighted by Crippen LogP contribution is -2.32. The molecule has 25 heavy (non-hydrogen) atoms. The van der Waals surface area contributed by atoms with Gasteiger partial charge in [0, 0.05) is 12.1 Å². The molecule has 0 spiro atoms. The molecule has 3 atom stereocenters. The van der Waals surface area contributed by atoms with Gasteiger partial charge in [0.25, 0.3) is 5.91 Å². The van der Waals surface area contributed by atoms with E-state index in [0.717, 1.165) is 17.0 Å². The predicted octanol–water partition coefficient (Wildman–Crippen LogP) is 0.775. The number of benzene rings is 1. The number of oxazole rings is 1. The van der Waals surface area contributed by atoms with E-state index >= 15 is 0 Å². The average molecular weight is 357 g/mol. The van der Waals surface area contributed by atoms with Gasteiger partial charge in [0.1, 0.15) is 11.6 Å².